The third kappa shape index (κ3) is 5.61. The lowest BCUT2D eigenvalue weighted by Crippen LogP contribution is -2.22. The van der Waals surface area contributed by atoms with E-state index in [0.717, 1.165) is 42.5 Å². The summed E-state index contributed by atoms with van der Waals surface area (Å²) in [5.74, 6) is 6.02. The normalized spacial score (nSPS) is 11.4. The zero-order valence-corrected chi connectivity index (χ0v) is 13.3. The number of benzene rings is 1. The van der Waals surface area contributed by atoms with Gasteiger partial charge in [0.05, 0.1) is 6.54 Å². The fourth-order valence-corrected chi connectivity index (χ4v) is 2.19. The summed E-state index contributed by atoms with van der Waals surface area (Å²) >= 11 is 0. The average Bonchev–Trinajstić information content (AvgIpc) is 2.48. The number of amides is 1. The molecule has 1 unspecified atom stereocenters. The van der Waals surface area contributed by atoms with Crippen LogP contribution in [0.3, 0.4) is 0 Å². The van der Waals surface area contributed by atoms with Crippen molar-refractivity contribution >= 4 is 11.6 Å². The highest BCUT2D eigenvalue weighted by molar-refractivity contribution is 5.93. The van der Waals surface area contributed by atoms with Crippen molar-refractivity contribution in [1.82, 2.24) is 0 Å². The lowest BCUT2D eigenvalue weighted by molar-refractivity contribution is -0.120. The van der Waals surface area contributed by atoms with Gasteiger partial charge in [0.15, 0.2) is 0 Å². The number of nitrogens with two attached hydrogens (primary N) is 1. The summed E-state index contributed by atoms with van der Waals surface area (Å²) < 4.78 is 0. The summed E-state index contributed by atoms with van der Waals surface area (Å²) in [5, 5.41) is 3.05. The van der Waals surface area contributed by atoms with Gasteiger partial charge < -0.3 is 11.1 Å². The number of rotatable bonds is 6. The minimum absolute atomic E-state index is 0.0862. The van der Waals surface area contributed by atoms with Crippen molar-refractivity contribution in [3.8, 4) is 11.8 Å². The van der Waals surface area contributed by atoms with Crippen molar-refractivity contribution in [2.75, 3.05) is 11.9 Å². The highest BCUT2D eigenvalue weighted by Crippen LogP contribution is 2.20. The first-order chi connectivity index (χ1) is 10.1. The lowest BCUT2D eigenvalue weighted by Gasteiger charge is -2.16. The van der Waals surface area contributed by atoms with Gasteiger partial charge in [0.1, 0.15) is 0 Å². The van der Waals surface area contributed by atoms with E-state index in [1.807, 2.05) is 25.1 Å². The molecule has 1 rings (SSSR count). The van der Waals surface area contributed by atoms with Crippen LogP contribution in [-0.4, -0.2) is 12.5 Å². The van der Waals surface area contributed by atoms with E-state index in [2.05, 4.69) is 31.0 Å². The van der Waals surface area contributed by atoms with E-state index in [4.69, 9.17) is 5.73 Å². The Kier molecular flexibility index (Phi) is 7.56. The molecule has 0 aliphatic heterocycles. The highest BCUT2D eigenvalue weighted by atomic mass is 16.1. The fourth-order valence-electron chi connectivity index (χ4n) is 2.19. The second-order valence-corrected chi connectivity index (χ2v) is 5.27. The van der Waals surface area contributed by atoms with E-state index < -0.39 is 0 Å². The van der Waals surface area contributed by atoms with Gasteiger partial charge in [0.2, 0.25) is 5.91 Å². The maximum atomic E-state index is 12.4. The molecule has 1 aromatic rings. The van der Waals surface area contributed by atoms with Crippen molar-refractivity contribution in [1.29, 1.82) is 0 Å². The molecule has 0 spiro atoms. The number of unbranched alkanes of at least 4 members (excludes halogenated alkanes) is 1. The Labute approximate surface area is 128 Å². The van der Waals surface area contributed by atoms with Crippen LogP contribution in [0.25, 0.3) is 0 Å². The molecular formula is C18H26N2O. The molecule has 0 fully saturated rings. The van der Waals surface area contributed by atoms with Gasteiger partial charge in [-0.25, -0.2) is 0 Å². The molecular weight excluding hydrogens is 260 g/mol. The number of hydrogen-bond donors (Lipinski definition) is 2. The Morgan fingerprint density at radius 1 is 1.38 bits per heavy atom. The van der Waals surface area contributed by atoms with Crippen LogP contribution in [0.1, 0.15) is 50.7 Å². The molecule has 1 atom stereocenters. The highest BCUT2D eigenvalue weighted by Gasteiger charge is 2.16. The van der Waals surface area contributed by atoms with E-state index in [1.165, 1.54) is 0 Å². The molecule has 21 heavy (non-hydrogen) atoms. The first kappa shape index (κ1) is 17.3. The topological polar surface area (TPSA) is 55.1 Å². The quantitative estimate of drug-likeness (QED) is 0.787. The summed E-state index contributed by atoms with van der Waals surface area (Å²) in [6.45, 7) is 6.54. The Bertz CT molecular complexity index is 526. The molecule has 3 N–H and O–H groups in total. The van der Waals surface area contributed by atoms with Crippen LogP contribution in [0, 0.1) is 24.7 Å². The number of hydrogen-bond acceptors (Lipinski definition) is 2. The SMILES string of the molecule is CCCCC(CC)C(=O)Nc1cc(C#CCN)ccc1C. The van der Waals surface area contributed by atoms with Gasteiger partial charge in [-0.3, -0.25) is 4.79 Å². The second kappa shape index (κ2) is 9.20. The average molecular weight is 286 g/mol. The lowest BCUT2D eigenvalue weighted by atomic mass is 9.98. The summed E-state index contributed by atoms with van der Waals surface area (Å²) in [6, 6.07) is 5.84. The van der Waals surface area contributed by atoms with E-state index in [9.17, 15) is 4.79 Å². The van der Waals surface area contributed by atoms with Crippen LogP contribution in [0.4, 0.5) is 5.69 Å². The predicted octanol–water partition coefficient (Wildman–Crippen LogP) is 3.46. The second-order valence-electron chi connectivity index (χ2n) is 5.27. The number of carbonyl (C=O) groups excluding carboxylic acids is 1. The molecule has 1 aromatic carbocycles. The first-order valence-corrected chi connectivity index (χ1v) is 7.72. The van der Waals surface area contributed by atoms with Gasteiger partial charge in [-0.2, -0.15) is 0 Å². The standard InChI is InChI=1S/C18H26N2O/c1-4-6-9-16(5-2)18(21)20-17-13-15(8-7-12-19)11-10-14(17)3/h10-11,13,16H,4-6,9,12,19H2,1-3H3,(H,20,21). The minimum Gasteiger partial charge on any atom is -0.326 e. The Morgan fingerprint density at radius 2 is 2.14 bits per heavy atom. The third-order valence-corrected chi connectivity index (χ3v) is 3.60. The van der Waals surface area contributed by atoms with Crippen LogP contribution in [-0.2, 0) is 4.79 Å². The molecule has 1 amide bonds. The Morgan fingerprint density at radius 3 is 2.76 bits per heavy atom. The van der Waals surface area contributed by atoms with Crippen molar-refractivity contribution in [2.45, 2.75) is 46.5 Å². The van der Waals surface area contributed by atoms with Crippen LogP contribution < -0.4 is 11.1 Å². The van der Waals surface area contributed by atoms with Crippen molar-refractivity contribution in [2.24, 2.45) is 11.7 Å². The van der Waals surface area contributed by atoms with Crippen molar-refractivity contribution in [3.63, 3.8) is 0 Å². The smallest absolute Gasteiger partial charge is 0.227 e. The third-order valence-electron chi connectivity index (χ3n) is 3.60. The van der Waals surface area contributed by atoms with Gasteiger partial charge in [0, 0.05) is 17.2 Å². The van der Waals surface area contributed by atoms with E-state index in [-0.39, 0.29) is 11.8 Å². The first-order valence-electron chi connectivity index (χ1n) is 7.72. The monoisotopic (exact) mass is 286 g/mol. The zero-order chi connectivity index (χ0) is 15.7. The number of anilines is 1. The predicted molar refractivity (Wildman–Crippen MR) is 89.0 cm³/mol. The van der Waals surface area contributed by atoms with Crippen molar-refractivity contribution < 1.29 is 4.79 Å². The molecule has 0 saturated carbocycles. The molecule has 0 aliphatic rings. The van der Waals surface area contributed by atoms with E-state index in [1.54, 1.807) is 0 Å². The van der Waals surface area contributed by atoms with Gasteiger partial charge in [0.25, 0.3) is 0 Å². The van der Waals surface area contributed by atoms with Crippen LogP contribution in [0.2, 0.25) is 0 Å². The Balaban J connectivity index is 2.82. The minimum atomic E-state index is 0.0862. The maximum Gasteiger partial charge on any atom is 0.227 e. The van der Waals surface area contributed by atoms with E-state index in [0.29, 0.717) is 6.54 Å². The summed E-state index contributed by atoms with van der Waals surface area (Å²) in [4.78, 5) is 12.4. The number of nitrogens with one attached hydrogen (secondary N) is 1. The summed E-state index contributed by atoms with van der Waals surface area (Å²) in [7, 11) is 0. The molecule has 3 heteroatoms. The van der Waals surface area contributed by atoms with E-state index >= 15 is 0 Å². The molecule has 114 valence electrons. The largest absolute Gasteiger partial charge is 0.326 e. The molecule has 0 radical (unpaired) electrons. The van der Waals surface area contributed by atoms with Crippen LogP contribution >= 0.6 is 0 Å². The van der Waals surface area contributed by atoms with Gasteiger partial charge in [-0.05, 0) is 37.5 Å². The zero-order valence-electron chi connectivity index (χ0n) is 13.3. The molecule has 0 saturated heterocycles. The molecule has 0 aliphatic carbocycles. The molecule has 3 nitrogen and oxygen atoms in total. The number of aryl methyl sites for hydroxylation is 1. The van der Waals surface area contributed by atoms with Gasteiger partial charge in [-0.1, -0.05) is 44.6 Å². The van der Waals surface area contributed by atoms with Crippen molar-refractivity contribution in [3.05, 3.63) is 29.3 Å². The maximum absolute atomic E-state index is 12.4. The molecule has 0 heterocycles. The van der Waals surface area contributed by atoms with Crippen LogP contribution in [0.15, 0.2) is 18.2 Å². The molecule has 0 aromatic heterocycles. The summed E-state index contributed by atoms with van der Waals surface area (Å²) in [5.41, 5.74) is 8.16. The fraction of sp³-hybridized carbons (Fsp3) is 0.500. The van der Waals surface area contributed by atoms with Gasteiger partial charge >= 0.3 is 0 Å². The molecule has 0 bridgehead atoms. The van der Waals surface area contributed by atoms with Crippen LogP contribution in [0.5, 0.6) is 0 Å². The summed E-state index contributed by atoms with van der Waals surface area (Å²) in [6.07, 6.45) is 4.03. The Hall–Kier alpha value is -1.79. The number of carbonyl (C=O) groups is 1. The van der Waals surface area contributed by atoms with Gasteiger partial charge in [-0.15, -0.1) is 0 Å².